The molecule has 0 saturated carbocycles. The molecule has 1 aliphatic heterocycles. The third-order valence-electron chi connectivity index (χ3n) is 7.67. The topological polar surface area (TPSA) is 105 Å². The van der Waals surface area contributed by atoms with Crippen LogP contribution in [0.15, 0.2) is 68.5 Å². The van der Waals surface area contributed by atoms with Crippen LogP contribution >= 0.6 is 11.3 Å². The molecule has 3 aliphatic carbocycles. The van der Waals surface area contributed by atoms with Crippen LogP contribution in [0.25, 0.3) is 0 Å². The number of hydrogen-bond acceptors (Lipinski definition) is 7. The second-order valence-electron chi connectivity index (χ2n) is 9.53. The number of carbonyl (C=O) groups is 4. The van der Waals surface area contributed by atoms with Crippen LogP contribution < -0.4 is 0 Å². The first kappa shape index (κ1) is 22.1. The number of carbonyl (C=O) groups excluding carboxylic acids is 4. The van der Waals surface area contributed by atoms with Crippen LogP contribution in [0.3, 0.4) is 0 Å². The van der Waals surface area contributed by atoms with Crippen LogP contribution in [0.4, 0.5) is 0 Å². The third-order valence-corrected chi connectivity index (χ3v) is 8.53. The largest absolute Gasteiger partial charge is 0.463 e. The number of ketones is 2. The van der Waals surface area contributed by atoms with Gasteiger partial charge in [-0.2, -0.15) is 0 Å². The lowest BCUT2D eigenvalue weighted by atomic mass is 9.60. The predicted molar refractivity (Wildman–Crippen MR) is 126 cm³/mol. The van der Waals surface area contributed by atoms with Gasteiger partial charge in [-0.15, -0.1) is 11.3 Å². The molecule has 2 aromatic rings. The van der Waals surface area contributed by atoms with E-state index >= 15 is 0 Å². The van der Waals surface area contributed by atoms with Crippen molar-refractivity contribution < 1.29 is 28.7 Å². The molecular formula is C27H23NO6S. The van der Waals surface area contributed by atoms with Gasteiger partial charge in [0.2, 0.25) is 11.8 Å². The number of hydrogen-bond donors (Lipinski definition) is 1. The van der Waals surface area contributed by atoms with Crippen molar-refractivity contribution in [2.75, 3.05) is 0 Å². The van der Waals surface area contributed by atoms with Crippen molar-refractivity contribution in [3.05, 3.63) is 80.5 Å². The number of imide groups is 1. The van der Waals surface area contributed by atoms with Gasteiger partial charge in [0.25, 0.3) is 0 Å². The van der Waals surface area contributed by atoms with Crippen molar-refractivity contribution in [1.82, 2.24) is 4.90 Å². The molecule has 1 fully saturated rings. The van der Waals surface area contributed by atoms with Crippen LogP contribution in [0, 0.1) is 17.8 Å². The molecule has 0 radical (unpaired) electrons. The fourth-order valence-corrected chi connectivity index (χ4v) is 6.82. The molecule has 4 unspecified atom stereocenters. The molecule has 3 heterocycles. The van der Waals surface area contributed by atoms with E-state index < -0.39 is 17.8 Å². The third kappa shape index (κ3) is 3.27. The quantitative estimate of drug-likeness (QED) is 0.401. The molecule has 35 heavy (non-hydrogen) atoms. The second-order valence-corrected chi connectivity index (χ2v) is 10.6. The highest BCUT2D eigenvalue weighted by Crippen LogP contribution is 2.55. The molecule has 2 amide bonds. The van der Waals surface area contributed by atoms with Crippen molar-refractivity contribution >= 4 is 34.7 Å². The summed E-state index contributed by atoms with van der Waals surface area (Å²) in [6.45, 7) is 1.58. The minimum Gasteiger partial charge on any atom is -0.463 e. The van der Waals surface area contributed by atoms with Gasteiger partial charge < -0.3 is 9.52 Å². The van der Waals surface area contributed by atoms with Crippen molar-refractivity contribution in [3.8, 4) is 0 Å². The zero-order valence-electron chi connectivity index (χ0n) is 19.0. The molecule has 2 aromatic heterocycles. The van der Waals surface area contributed by atoms with Crippen LogP contribution in [0.2, 0.25) is 0 Å². The lowest BCUT2D eigenvalue weighted by Gasteiger charge is -2.41. The summed E-state index contributed by atoms with van der Waals surface area (Å²) in [4.78, 5) is 55.6. The Kier molecular flexibility index (Phi) is 5.12. The van der Waals surface area contributed by atoms with E-state index in [0.29, 0.717) is 34.7 Å². The number of likely N-dealkylation sites (tertiary alicyclic amines) is 1. The molecule has 1 saturated heterocycles. The van der Waals surface area contributed by atoms with Crippen molar-refractivity contribution in [2.24, 2.45) is 17.8 Å². The number of nitrogens with zero attached hydrogens (tertiary/aromatic N) is 1. The highest BCUT2D eigenvalue weighted by Gasteiger charge is 2.56. The minimum absolute atomic E-state index is 0.178. The fraction of sp³-hybridized carbons (Fsp3) is 0.333. The Morgan fingerprint density at radius 3 is 2.66 bits per heavy atom. The summed E-state index contributed by atoms with van der Waals surface area (Å²) in [5.41, 5.74) is 2.00. The zero-order chi connectivity index (χ0) is 24.4. The van der Waals surface area contributed by atoms with Gasteiger partial charge in [-0.25, -0.2) is 0 Å². The van der Waals surface area contributed by atoms with Gasteiger partial charge in [0.15, 0.2) is 11.6 Å². The Hall–Kier alpha value is -3.36. The summed E-state index contributed by atoms with van der Waals surface area (Å²) in [6, 6.07) is 7.16. The first-order chi connectivity index (χ1) is 16.9. The van der Waals surface area contributed by atoms with E-state index in [1.165, 1.54) is 22.3 Å². The number of rotatable bonds is 4. The van der Waals surface area contributed by atoms with Crippen molar-refractivity contribution in [2.45, 2.75) is 38.8 Å². The van der Waals surface area contributed by atoms with Gasteiger partial charge in [-0.3, -0.25) is 24.1 Å². The maximum atomic E-state index is 13.6. The summed E-state index contributed by atoms with van der Waals surface area (Å²) in [7, 11) is 0. The second kappa shape index (κ2) is 8.10. The normalized spacial score (nSPS) is 28.1. The molecule has 8 heteroatoms. The number of thiophene rings is 1. The van der Waals surface area contributed by atoms with E-state index in [-0.39, 0.29) is 48.9 Å². The van der Waals surface area contributed by atoms with Gasteiger partial charge in [0, 0.05) is 21.6 Å². The number of amides is 2. The summed E-state index contributed by atoms with van der Waals surface area (Å²) in [5.74, 6) is -2.09. The van der Waals surface area contributed by atoms with Crippen LogP contribution in [0.1, 0.15) is 42.1 Å². The van der Waals surface area contributed by atoms with E-state index in [1.54, 1.807) is 19.1 Å². The molecule has 178 valence electrons. The molecule has 1 N–H and O–H groups in total. The zero-order valence-corrected chi connectivity index (χ0v) is 19.8. The predicted octanol–water partition coefficient (Wildman–Crippen LogP) is 3.46. The minimum atomic E-state index is -0.625. The van der Waals surface area contributed by atoms with Gasteiger partial charge >= 0.3 is 0 Å². The molecule has 0 bridgehead atoms. The molecule has 6 rings (SSSR count). The SMILES string of the molecule is CC1=CC(=O)C2=C(CC3C(=CCC4C(=O)N(Cc5cccs5)C(=O)C43)C2c2ccc(CO)o2)C1=O. The Morgan fingerprint density at radius 1 is 1.11 bits per heavy atom. The maximum absolute atomic E-state index is 13.6. The highest BCUT2D eigenvalue weighted by molar-refractivity contribution is 7.09. The van der Waals surface area contributed by atoms with Crippen LogP contribution in [-0.2, 0) is 32.3 Å². The molecule has 0 aromatic carbocycles. The van der Waals surface area contributed by atoms with E-state index in [0.717, 1.165) is 10.5 Å². The monoisotopic (exact) mass is 489 g/mol. The first-order valence-corrected chi connectivity index (χ1v) is 12.5. The number of aliphatic hydroxyl groups is 1. The summed E-state index contributed by atoms with van der Waals surface area (Å²) >= 11 is 1.50. The van der Waals surface area contributed by atoms with E-state index in [4.69, 9.17) is 4.42 Å². The van der Waals surface area contributed by atoms with Gasteiger partial charge in [-0.1, -0.05) is 17.7 Å². The summed E-state index contributed by atoms with van der Waals surface area (Å²) < 4.78 is 5.86. The average Bonchev–Trinajstić information content (AvgIpc) is 3.59. The Morgan fingerprint density at radius 2 is 1.94 bits per heavy atom. The highest BCUT2D eigenvalue weighted by atomic mass is 32.1. The summed E-state index contributed by atoms with van der Waals surface area (Å²) in [5, 5.41) is 11.4. The van der Waals surface area contributed by atoms with Crippen molar-refractivity contribution in [1.29, 1.82) is 0 Å². The average molecular weight is 490 g/mol. The van der Waals surface area contributed by atoms with Crippen LogP contribution in [0.5, 0.6) is 0 Å². The standard InChI is InChI=1S/C27H23NO6S/c1-13-9-20(30)23-19(25(13)31)10-18-16(24(23)21-7-4-14(12-29)34-21)5-6-17-22(18)27(33)28(26(17)32)11-15-3-2-8-35-15/h2-5,7-9,17-18,22,24,29H,6,10-12H2,1H3. The van der Waals surface area contributed by atoms with Gasteiger partial charge in [0.1, 0.15) is 18.1 Å². The lowest BCUT2D eigenvalue weighted by Crippen LogP contribution is -2.39. The maximum Gasteiger partial charge on any atom is 0.234 e. The number of allylic oxidation sites excluding steroid dienone is 6. The number of aliphatic hydroxyl groups excluding tert-OH is 1. The molecular weight excluding hydrogens is 466 g/mol. The van der Waals surface area contributed by atoms with E-state index in [9.17, 15) is 24.3 Å². The molecule has 4 aliphatic rings. The number of furan rings is 1. The Bertz CT molecular complexity index is 1370. The Labute approximate surface area is 205 Å². The molecule has 4 atom stereocenters. The number of fused-ring (bicyclic) bond motifs is 3. The van der Waals surface area contributed by atoms with E-state index in [1.807, 2.05) is 23.6 Å². The molecule has 7 nitrogen and oxygen atoms in total. The smallest absolute Gasteiger partial charge is 0.234 e. The first-order valence-electron chi connectivity index (χ1n) is 11.7. The Balaban J connectivity index is 1.45. The van der Waals surface area contributed by atoms with Gasteiger partial charge in [0.05, 0.1) is 24.3 Å². The fourth-order valence-electron chi connectivity index (χ4n) is 6.12. The lowest BCUT2D eigenvalue weighted by molar-refractivity contribution is -0.140. The number of Topliss-reactive ketones (excluding diaryl/α,β-unsaturated/α-hetero) is 1. The van der Waals surface area contributed by atoms with Crippen molar-refractivity contribution in [3.63, 3.8) is 0 Å². The summed E-state index contributed by atoms with van der Waals surface area (Å²) in [6.07, 6.45) is 3.97. The molecule has 0 spiro atoms. The van der Waals surface area contributed by atoms with Gasteiger partial charge in [-0.05, 0) is 55.3 Å². The van der Waals surface area contributed by atoms with Crippen LogP contribution in [-0.4, -0.2) is 33.4 Å². The van der Waals surface area contributed by atoms with E-state index in [2.05, 4.69) is 0 Å².